The Balaban J connectivity index is 2.79. The molecule has 1 atom stereocenters. The van der Waals surface area contributed by atoms with Crippen molar-refractivity contribution in [3.63, 3.8) is 0 Å². The van der Waals surface area contributed by atoms with E-state index in [0.29, 0.717) is 0 Å². The van der Waals surface area contributed by atoms with Crippen molar-refractivity contribution in [3.05, 3.63) is 0 Å². The molecule has 14 heavy (non-hydrogen) atoms. The first-order chi connectivity index (χ1) is 6.49. The maximum Gasteiger partial charge on any atom is 0.327 e. The number of urea groups is 1. The van der Waals surface area contributed by atoms with Crippen molar-refractivity contribution in [1.29, 1.82) is 0 Å². The molecular weight excluding hydrogens is 180 g/mol. The van der Waals surface area contributed by atoms with Crippen molar-refractivity contribution in [2.45, 2.75) is 46.2 Å². The molecule has 4 nitrogen and oxygen atoms in total. The van der Waals surface area contributed by atoms with Crippen molar-refractivity contribution >= 4 is 11.9 Å². The van der Waals surface area contributed by atoms with Gasteiger partial charge in [0.25, 0.3) is 5.91 Å². The standard InChI is InChI=1S/C10H18N2O2/c1-5-8(4)11-6-9(13)12(7(2)3)10(11)14/h7-8H,5-6H2,1-4H3. The third-order valence-corrected chi connectivity index (χ3v) is 2.67. The molecule has 1 aliphatic rings. The van der Waals surface area contributed by atoms with Crippen molar-refractivity contribution in [2.24, 2.45) is 0 Å². The van der Waals surface area contributed by atoms with Crippen LogP contribution in [0.5, 0.6) is 0 Å². The van der Waals surface area contributed by atoms with Gasteiger partial charge in [-0.2, -0.15) is 0 Å². The third kappa shape index (κ3) is 1.74. The van der Waals surface area contributed by atoms with Gasteiger partial charge in [-0.05, 0) is 27.2 Å². The highest BCUT2D eigenvalue weighted by Crippen LogP contribution is 2.17. The van der Waals surface area contributed by atoms with Crippen LogP contribution in [0.1, 0.15) is 34.1 Å². The molecule has 0 spiro atoms. The van der Waals surface area contributed by atoms with Gasteiger partial charge in [0.1, 0.15) is 6.54 Å². The Morgan fingerprint density at radius 1 is 1.29 bits per heavy atom. The first-order valence-corrected chi connectivity index (χ1v) is 5.11. The van der Waals surface area contributed by atoms with E-state index in [2.05, 4.69) is 0 Å². The largest absolute Gasteiger partial charge is 0.327 e. The fraction of sp³-hybridized carbons (Fsp3) is 0.800. The summed E-state index contributed by atoms with van der Waals surface area (Å²) in [5.74, 6) is -0.0784. The third-order valence-electron chi connectivity index (χ3n) is 2.67. The van der Waals surface area contributed by atoms with Crippen molar-refractivity contribution < 1.29 is 9.59 Å². The number of rotatable bonds is 3. The number of nitrogens with zero attached hydrogens (tertiary/aromatic N) is 2. The zero-order valence-electron chi connectivity index (χ0n) is 9.28. The molecule has 1 saturated heterocycles. The van der Waals surface area contributed by atoms with Gasteiger partial charge in [-0.3, -0.25) is 9.69 Å². The second kappa shape index (κ2) is 3.98. The minimum atomic E-state index is -0.139. The van der Waals surface area contributed by atoms with Crippen molar-refractivity contribution in [1.82, 2.24) is 9.80 Å². The molecule has 4 heteroatoms. The summed E-state index contributed by atoms with van der Waals surface area (Å²) in [4.78, 5) is 26.3. The van der Waals surface area contributed by atoms with Crippen molar-refractivity contribution in [2.75, 3.05) is 6.54 Å². The number of carbonyl (C=O) groups is 2. The lowest BCUT2D eigenvalue weighted by Crippen LogP contribution is -2.40. The molecule has 1 rings (SSSR count). The SMILES string of the molecule is CCC(C)N1CC(=O)N(C(C)C)C1=O. The fourth-order valence-corrected chi connectivity index (χ4v) is 1.61. The van der Waals surface area contributed by atoms with Crippen LogP contribution in [0.2, 0.25) is 0 Å². The molecule has 80 valence electrons. The molecule has 0 N–H and O–H groups in total. The van der Waals surface area contributed by atoms with Crippen LogP contribution in [0.15, 0.2) is 0 Å². The van der Waals surface area contributed by atoms with E-state index in [1.807, 2.05) is 27.7 Å². The van der Waals surface area contributed by atoms with E-state index in [1.165, 1.54) is 4.90 Å². The zero-order chi connectivity index (χ0) is 10.9. The first kappa shape index (κ1) is 11.0. The first-order valence-electron chi connectivity index (χ1n) is 5.11. The van der Waals surface area contributed by atoms with Gasteiger partial charge in [-0.25, -0.2) is 4.79 Å². The normalized spacial score (nSPS) is 19.8. The molecule has 0 aliphatic carbocycles. The summed E-state index contributed by atoms with van der Waals surface area (Å²) in [6.45, 7) is 7.94. The Bertz CT molecular complexity index is 251. The number of hydrogen-bond donors (Lipinski definition) is 0. The van der Waals surface area contributed by atoms with E-state index < -0.39 is 0 Å². The van der Waals surface area contributed by atoms with Gasteiger partial charge in [0, 0.05) is 12.1 Å². The maximum atomic E-state index is 11.8. The van der Waals surface area contributed by atoms with Crippen LogP contribution in [-0.4, -0.2) is 40.4 Å². The van der Waals surface area contributed by atoms with Gasteiger partial charge >= 0.3 is 6.03 Å². The fourth-order valence-electron chi connectivity index (χ4n) is 1.61. The highest BCUT2D eigenvalue weighted by atomic mass is 16.2. The van der Waals surface area contributed by atoms with Crippen molar-refractivity contribution in [3.8, 4) is 0 Å². The van der Waals surface area contributed by atoms with E-state index in [0.717, 1.165) is 6.42 Å². The minimum absolute atomic E-state index is 0.0379. The Kier molecular flexibility index (Phi) is 3.13. The van der Waals surface area contributed by atoms with Crippen LogP contribution in [0, 0.1) is 0 Å². The highest BCUT2D eigenvalue weighted by molar-refractivity contribution is 6.02. The van der Waals surface area contributed by atoms with Crippen LogP contribution in [-0.2, 0) is 4.79 Å². The van der Waals surface area contributed by atoms with Gasteiger partial charge < -0.3 is 4.90 Å². The van der Waals surface area contributed by atoms with Crippen LogP contribution < -0.4 is 0 Å². The summed E-state index contributed by atoms with van der Waals surface area (Å²) in [5, 5.41) is 0. The van der Waals surface area contributed by atoms with Gasteiger partial charge in [0.15, 0.2) is 0 Å². The van der Waals surface area contributed by atoms with Crippen LogP contribution in [0.25, 0.3) is 0 Å². The van der Waals surface area contributed by atoms with Crippen LogP contribution in [0.4, 0.5) is 4.79 Å². The molecule has 0 aromatic rings. The van der Waals surface area contributed by atoms with E-state index in [1.54, 1.807) is 4.90 Å². The number of hydrogen-bond acceptors (Lipinski definition) is 2. The number of carbonyl (C=O) groups excluding carboxylic acids is 2. The average molecular weight is 198 g/mol. The van der Waals surface area contributed by atoms with E-state index in [4.69, 9.17) is 0 Å². The minimum Gasteiger partial charge on any atom is -0.312 e. The molecule has 1 heterocycles. The molecule has 3 amide bonds. The molecule has 1 unspecified atom stereocenters. The van der Waals surface area contributed by atoms with Crippen LogP contribution in [0.3, 0.4) is 0 Å². The molecule has 0 radical (unpaired) electrons. The summed E-state index contributed by atoms with van der Waals surface area (Å²) >= 11 is 0. The summed E-state index contributed by atoms with van der Waals surface area (Å²) in [5.41, 5.74) is 0. The van der Waals surface area contributed by atoms with Gasteiger partial charge in [0.2, 0.25) is 0 Å². The summed E-state index contributed by atoms with van der Waals surface area (Å²) < 4.78 is 0. The van der Waals surface area contributed by atoms with E-state index in [9.17, 15) is 9.59 Å². The summed E-state index contributed by atoms with van der Waals surface area (Å²) in [6.07, 6.45) is 0.880. The van der Waals surface area contributed by atoms with E-state index >= 15 is 0 Å². The molecule has 0 bridgehead atoms. The molecule has 0 aromatic heterocycles. The average Bonchev–Trinajstić information content (AvgIpc) is 2.40. The molecule has 0 aromatic carbocycles. The number of amides is 3. The Hall–Kier alpha value is -1.06. The summed E-state index contributed by atoms with van der Waals surface area (Å²) in [7, 11) is 0. The lowest BCUT2D eigenvalue weighted by Gasteiger charge is -2.23. The lowest BCUT2D eigenvalue weighted by molar-refractivity contribution is -0.126. The molecular formula is C10H18N2O2. The quantitative estimate of drug-likeness (QED) is 0.644. The zero-order valence-corrected chi connectivity index (χ0v) is 9.28. The highest BCUT2D eigenvalue weighted by Gasteiger charge is 2.39. The number of imide groups is 1. The monoisotopic (exact) mass is 198 g/mol. The van der Waals surface area contributed by atoms with Gasteiger partial charge in [0.05, 0.1) is 0 Å². The Morgan fingerprint density at radius 2 is 1.86 bits per heavy atom. The van der Waals surface area contributed by atoms with Gasteiger partial charge in [-0.15, -0.1) is 0 Å². The second-order valence-corrected chi connectivity index (χ2v) is 4.03. The molecule has 1 aliphatic heterocycles. The molecule has 0 saturated carbocycles. The lowest BCUT2D eigenvalue weighted by atomic mass is 10.2. The topological polar surface area (TPSA) is 40.6 Å². The molecule has 1 fully saturated rings. The van der Waals surface area contributed by atoms with E-state index in [-0.39, 0.29) is 30.6 Å². The Morgan fingerprint density at radius 3 is 2.21 bits per heavy atom. The Labute approximate surface area is 84.9 Å². The predicted molar refractivity (Wildman–Crippen MR) is 53.8 cm³/mol. The van der Waals surface area contributed by atoms with Gasteiger partial charge in [-0.1, -0.05) is 6.92 Å². The smallest absolute Gasteiger partial charge is 0.312 e. The maximum absolute atomic E-state index is 11.8. The van der Waals surface area contributed by atoms with Crippen LogP contribution >= 0.6 is 0 Å². The second-order valence-electron chi connectivity index (χ2n) is 4.03. The predicted octanol–water partition coefficient (Wildman–Crippen LogP) is 1.46. The summed E-state index contributed by atoms with van der Waals surface area (Å²) in [6, 6.07) is -0.0291.